The minimum Gasteiger partial charge on any atom is -0.351 e. The zero-order valence-corrected chi connectivity index (χ0v) is 6.51. The molecular weight excluding hydrogens is 162 g/mol. The first-order valence-electron chi connectivity index (χ1n) is 3.00. The van der Waals surface area contributed by atoms with Crippen molar-refractivity contribution in [2.24, 2.45) is 5.73 Å². The van der Waals surface area contributed by atoms with Gasteiger partial charge in [0.25, 0.3) is 5.91 Å². The molecule has 4 N–H and O–H groups in total. The molecule has 6 nitrogen and oxygen atoms in total. The predicted molar refractivity (Wildman–Crippen MR) is 41.1 cm³/mol. The number of hydrogen-bond acceptors (Lipinski definition) is 3. The summed E-state index contributed by atoms with van der Waals surface area (Å²) in [4.78, 5) is 31.4. The second-order valence-electron chi connectivity index (χ2n) is 2.05. The maximum absolute atomic E-state index is 10.7. The Morgan fingerprint density at radius 1 is 1.25 bits per heavy atom. The van der Waals surface area contributed by atoms with Crippen LogP contribution >= 0.6 is 0 Å². The maximum atomic E-state index is 10.7. The number of primary amides is 1. The molecule has 0 spiro atoms. The summed E-state index contributed by atoms with van der Waals surface area (Å²) in [7, 11) is 0. The maximum Gasteiger partial charge on any atom is 0.329 e. The first-order valence-corrected chi connectivity index (χ1v) is 3.00. The van der Waals surface area contributed by atoms with Crippen LogP contribution in [0.15, 0.2) is 12.2 Å². The molecule has 6 heteroatoms. The highest BCUT2D eigenvalue weighted by Gasteiger charge is 2.08. The summed E-state index contributed by atoms with van der Waals surface area (Å²) in [5.41, 5.74) is 4.76. The third-order valence-electron chi connectivity index (χ3n) is 0.851. The number of imide groups is 2. The van der Waals surface area contributed by atoms with Crippen molar-refractivity contribution in [3.05, 3.63) is 12.2 Å². The number of amides is 5. The summed E-state index contributed by atoms with van der Waals surface area (Å²) < 4.78 is 0. The molecule has 0 aromatic heterocycles. The van der Waals surface area contributed by atoms with Crippen LogP contribution in [-0.2, 0) is 4.79 Å². The van der Waals surface area contributed by atoms with Gasteiger partial charge in [-0.1, -0.05) is 6.58 Å². The Bertz CT molecular complexity index is 246. The van der Waals surface area contributed by atoms with Gasteiger partial charge < -0.3 is 5.73 Å². The molecule has 66 valence electrons. The Morgan fingerprint density at radius 2 is 1.75 bits per heavy atom. The average Bonchev–Trinajstić information content (AvgIpc) is 1.84. The Hall–Kier alpha value is -1.85. The molecule has 0 aliphatic heterocycles. The Morgan fingerprint density at radius 3 is 2.08 bits per heavy atom. The van der Waals surface area contributed by atoms with E-state index in [1.165, 1.54) is 6.92 Å². The van der Waals surface area contributed by atoms with Gasteiger partial charge in [0.2, 0.25) is 0 Å². The molecule has 0 saturated carbocycles. The monoisotopic (exact) mass is 171 g/mol. The first kappa shape index (κ1) is 10.2. The van der Waals surface area contributed by atoms with E-state index in [-0.39, 0.29) is 5.57 Å². The molecular formula is C6H9N3O3. The van der Waals surface area contributed by atoms with Gasteiger partial charge in [-0.2, -0.15) is 0 Å². The van der Waals surface area contributed by atoms with Gasteiger partial charge in [-0.25, -0.2) is 9.59 Å². The zero-order chi connectivity index (χ0) is 9.72. The van der Waals surface area contributed by atoms with Gasteiger partial charge in [0, 0.05) is 5.57 Å². The Kier molecular flexibility index (Phi) is 3.48. The van der Waals surface area contributed by atoms with Crippen molar-refractivity contribution in [2.75, 3.05) is 0 Å². The molecule has 0 aromatic rings. The lowest BCUT2D eigenvalue weighted by Gasteiger charge is -2.01. The standard InChI is InChI=1S/C6H9N3O3/c1-3(2)4(10)8-6(12)9-5(7)11/h1H2,2H3,(H4,7,8,9,10,11,12). The van der Waals surface area contributed by atoms with E-state index in [4.69, 9.17) is 0 Å². The summed E-state index contributed by atoms with van der Waals surface area (Å²) >= 11 is 0. The summed E-state index contributed by atoms with van der Waals surface area (Å²) in [6.07, 6.45) is 0. The average molecular weight is 171 g/mol. The molecule has 0 aromatic carbocycles. The highest BCUT2D eigenvalue weighted by Crippen LogP contribution is 1.84. The van der Waals surface area contributed by atoms with Gasteiger partial charge in [-0.05, 0) is 6.92 Å². The van der Waals surface area contributed by atoms with Crippen molar-refractivity contribution in [3.63, 3.8) is 0 Å². The Balaban J connectivity index is 3.94. The number of nitrogens with two attached hydrogens (primary N) is 1. The van der Waals surface area contributed by atoms with Crippen LogP contribution in [0.1, 0.15) is 6.92 Å². The predicted octanol–water partition coefficient (Wildman–Crippen LogP) is -0.533. The van der Waals surface area contributed by atoms with Gasteiger partial charge in [0.05, 0.1) is 0 Å². The molecule has 0 aliphatic carbocycles. The van der Waals surface area contributed by atoms with Crippen molar-refractivity contribution in [1.29, 1.82) is 0 Å². The zero-order valence-electron chi connectivity index (χ0n) is 6.51. The van der Waals surface area contributed by atoms with Gasteiger partial charge in [-0.3, -0.25) is 15.4 Å². The molecule has 0 heterocycles. The fourth-order valence-electron chi connectivity index (χ4n) is 0.353. The van der Waals surface area contributed by atoms with Crippen LogP contribution in [0.3, 0.4) is 0 Å². The van der Waals surface area contributed by atoms with Crippen LogP contribution in [0.4, 0.5) is 9.59 Å². The van der Waals surface area contributed by atoms with Crippen LogP contribution in [0.25, 0.3) is 0 Å². The van der Waals surface area contributed by atoms with Gasteiger partial charge in [0.15, 0.2) is 0 Å². The quantitative estimate of drug-likeness (QED) is 0.462. The SMILES string of the molecule is C=C(C)C(=O)NC(=O)NC(N)=O. The topological polar surface area (TPSA) is 101 Å². The van der Waals surface area contributed by atoms with Crippen LogP contribution in [-0.4, -0.2) is 18.0 Å². The van der Waals surface area contributed by atoms with E-state index in [9.17, 15) is 14.4 Å². The number of carbonyl (C=O) groups excluding carboxylic acids is 3. The molecule has 0 saturated heterocycles. The largest absolute Gasteiger partial charge is 0.351 e. The van der Waals surface area contributed by atoms with Crippen molar-refractivity contribution >= 4 is 18.0 Å². The van der Waals surface area contributed by atoms with Gasteiger partial charge >= 0.3 is 12.1 Å². The van der Waals surface area contributed by atoms with Gasteiger partial charge in [-0.15, -0.1) is 0 Å². The highest BCUT2D eigenvalue weighted by atomic mass is 16.2. The fourth-order valence-corrected chi connectivity index (χ4v) is 0.353. The number of rotatable bonds is 1. The lowest BCUT2D eigenvalue weighted by molar-refractivity contribution is -0.116. The molecule has 0 radical (unpaired) electrons. The molecule has 0 fully saturated rings. The van der Waals surface area contributed by atoms with E-state index >= 15 is 0 Å². The number of hydrogen-bond donors (Lipinski definition) is 3. The normalized spacial score (nSPS) is 8.42. The Labute approximate surface area is 68.8 Å². The fraction of sp³-hybridized carbons (Fsp3) is 0.167. The summed E-state index contributed by atoms with van der Waals surface area (Å²) in [5.74, 6) is -0.659. The van der Waals surface area contributed by atoms with E-state index < -0.39 is 18.0 Å². The van der Waals surface area contributed by atoms with E-state index in [0.29, 0.717) is 0 Å². The highest BCUT2D eigenvalue weighted by molar-refractivity contribution is 6.06. The van der Waals surface area contributed by atoms with Crippen molar-refractivity contribution in [3.8, 4) is 0 Å². The lowest BCUT2D eigenvalue weighted by atomic mass is 10.3. The molecule has 0 atom stereocenters. The number of carbonyl (C=O) groups is 3. The molecule has 0 rings (SSSR count). The van der Waals surface area contributed by atoms with Crippen molar-refractivity contribution < 1.29 is 14.4 Å². The van der Waals surface area contributed by atoms with Crippen LogP contribution in [0, 0.1) is 0 Å². The second kappa shape index (κ2) is 4.12. The van der Waals surface area contributed by atoms with Crippen LogP contribution in [0.2, 0.25) is 0 Å². The summed E-state index contributed by atoms with van der Waals surface area (Å²) in [6.45, 7) is 4.70. The molecule has 0 bridgehead atoms. The third kappa shape index (κ3) is 4.04. The third-order valence-corrected chi connectivity index (χ3v) is 0.851. The van der Waals surface area contributed by atoms with Gasteiger partial charge in [0.1, 0.15) is 0 Å². The van der Waals surface area contributed by atoms with Crippen LogP contribution < -0.4 is 16.4 Å². The molecule has 5 amide bonds. The summed E-state index contributed by atoms with van der Waals surface area (Å²) in [5, 5.41) is 3.48. The number of nitrogens with one attached hydrogen (secondary N) is 2. The van der Waals surface area contributed by atoms with Crippen LogP contribution in [0.5, 0.6) is 0 Å². The molecule has 0 aliphatic rings. The summed E-state index contributed by atoms with van der Waals surface area (Å²) in [6, 6.07) is -1.99. The van der Waals surface area contributed by atoms with Crippen molar-refractivity contribution in [1.82, 2.24) is 10.6 Å². The smallest absolute Gasteiger partial charge is 0.329 e. The molecule has 0 unspecified atom stereocenters. The number of urea groups is 2. The van der Waals surface area contributed by atoms with Crippen molar-refractivity contribution in [2.45, 2.75) is 6.92 Å². The lowest BCUT2D eigenvalue weighted by Crippen LogP contribution is -2.44. The van der Waals surface area contributed by atoms with E-state index in [1.807, 2.05) is 5.32 Å². The minimum absolute atomic E-state index is 0.162. The van der Waals surface area contributed by atoms with E-state index in [0.717, 1.165) is 0 Å². The van der Waals surface area contributed by atoms with E-state index in [1.54, 1.807) is 5.32 Å². The van der Waals surface area contributed by atoms with E-state index in [2.05, 4.69) is 12.3 Å². The minimum atomic E-state index is -1.03. The first-order chi connectivity index (χ1) is 5.43. The second-order valence-corrected chi connectivity index (χ2v) is 2.05. The molecule has 12 heavy (non-hydrogen) atoms.